The van der Waals surface area contributed by atoms with E-state index < -0.39 is 0 Å². The molecule has 1 aliphatic carbocycles. The number of hydrogen-bond acceptors (Lipinski definition) is 4. The van der Waals surface area contributed by atoms with Crippen molar-refractivity contribution in [2.24, 2.45) is 5.92 Å². The fourth-order valence-corrected chi connectivity index (χ4v) is 4.92. The van der Waals surface area contributed by atoms with Crippen molar-refractivity contribution in [1.29, 1.82) is 0 Å². The van der Waals surface area contributed by atoms with Gasteiger partial charge in [0.2, 0.25) is 5.91 Å². The molecule has 6 heteroatoms. The Kier molecular flexibility index (Phi) is 5.27. The molecule has 5 nitrogen and oxygen atoms in total. The summed E-state index contributed by atoms with van der Waals surface area (Å²) < 4.78 is 5.33. The number of morpholine rings is 1. The molecule has 2 aromatic rings. The van der Waals surface area contributed by atoms with Gasteiger partial charge in [-0.15, -0.1) is 11.3 Å². The van der Waals surface area contributed by atoms with Gasteiger partial charge >= 0.3 is 0 Å². The lowest BCUT2D eigenvalue weighted by Crippen LogP contribution is -2.40. The van der Waals surface area contributed by atoms with Gasteiger partial charge in [-0.1, -0.05) is 12.1 Å². The first-order valence-electron chi connectivity index (χ1n) is 9.46. The van der Waals surface area contributed by atoms with Crippen molar-refractivity contribution in [2.45, 2.75) is 26.2 Å². The summed E-state index contributed by atoms with van der Waals surface area (Å²) in [4.78, 5) is 29.3. The number of benzene rings is 1. The number of aryl methyl sites for hydroxylation is 2. The van der Waals surface area contributed by atoms with Gasteiger partial charge in [0, 0.05) is 29.6 Å². The number of anilines is 1. The highest BCUT2D eigenvalue weighted by molar-refractivity contribution is 7.14. The smallest absolute Gasteiger partial charge is 0.264 e. The van der Waals surface area contributed by atoms with E-state index in [-0.39, 0.29) is 17.7 Å². The molecule has 1 atom stereocenters. The van der Waals surface area contributed by atoms with Crippen molar-refractivity contribution in [3.8, 4) is 0 Å². The Morgan fingerprint density at radius 2 is 2.04 bits per heavy atom. The number of carbonyl (C=O) groups is 2. The van der Waals surface area contributed by atoms with Crippen LogP contribution in [0.3, 0.4) is 0 Å². The Bertz CT molecular complexity index is 855. The average molecular weight is 385 g/mol. The molecule has 1 N–H and O–H groups in total. The van der Waals surface area contributed by atoms with Crippen LogP contribution < -0.4 is 5.32 Å². The summed E-state index contributed by atoms with van der Waals surface area (Å²) in [5.41, 5.74) is 3.13. The van der Waals surface area contributed by atoms with Gasteiger partial charge in [-0.25, -0.2) is 0 Å². The number of nitrogens with zero attached hydrogens (tertiary/aromatic N) is 1. The predicted octanol–water partition coefficient (Wildman–Crippen LogP) is 3.27. The third-order valence-electron chi connectivity index (χ3n) is 5.25. The maximum atomic E-state index is 12.7. The summed E-state index contributed by atoms with van der Waals surface area (Å²) in [7, 11) is 0. The van der Waals surface area contributed by atoms with Crippen LogP contribution in [0.5, 0.6) is 0 Å². The summed E-state index contributed by atoms with van der Waals surface area (Å²) in [6.07, 6.45) is 2.40. The molecule has 0 radical (unpaired) electrons. The van der Waals surface area contributed by atoms with Crippen molar-refractivity contribution in [3.63, 3.8) is 0 Å². The van der Waals surface area contributed by atoms with Gasteiger partial charge in [0.1, 0.15) is 0 Å². The Labute approximate surface area is 163 Å². The molecule has 1 fully saturated rings. The largest absolute Gasteiger partial charge is 0.378 e. The highest BCUT2D eigenvalue weighted by Gasteiger charge is 2.29. The second-order valence-corrected chi connectivity index (χ2v) is 8.40. The minimum Gasteiger partial charge on any atom is -0.378 e. The summed E-state index contributed by atoms with van der Waals surface area (Å²) >= 11 is 1.59. The van der Waals surface area contributed by atoms with Gasteiger partial charge in [-0.05, 0) is 55.5 Å². The van der Waals surface area contributed by atoms with Crippen LogP contribution in [0.2, 0.25) is 0 Å². The molecule has 0 bridgehead atoms. The second-order valence-electron chi connectivity index (χ2n) is 7.26. The molecular formula is C21H24N2O3S. The fourth-order valence-electron chi connectivity index (χ4n) is 3.74. The van der Waals surface area contributed by atoms with Crippen molar-refractivity contribution in [3.05, 3.63) is 51.2 Å². The zero-order chi connectivity index (χ0) is 18.8. The summed E-state index contributed by atoms with van der Waals surface area (Å²) in [6, 6.07) is 9.87. The summed E-state index contributed by atoms with van der Waals surface area (Å²) in [5.74, 6) is 0.121. The Hall–Kier alpha value is -2.18. The number of rotatable bonds is 3. The number of fused-ring (bicyclic) bond motifs is 1. The van der Waals surface area contributed by atoms with E-state index in [1.807, 2.05) is 42.2 Å². The zero-order valence-corrected chi connectivity index (χ0v) is 16.3. The number of nitrogens with one attached hydrogen (secondary N) is 1. The highest BCUT2D eigenvalue weighted by Crippen LogP contribution is 2.33. The number of carbonyl (C=O) groups excluding carboxylic acids is 2. The molecule has 27 heavy (non-hydrogen) atoms. The standard InChI is InChI=1S/C21H24N2O3S/c1-14-3-2-4-17(11-14)22-20(24)15-5-6-18-16(12-15)13-19(27-18)21(25)23-7-9-26-10-8-23/h2-4,11,13,15H,5-10,12H2,1H3,(H,22,24)/t15-/m1/s1. The van der Waals surface area contributed by atoms with Gasteiger partial charge in [0.15, 0.2) is 0 Å². The molecule has 2 heterocycles. The van der Waals surface area contributed by atoms with E-state index >= 15 is 0 Å². The second kappa shape index (κ2) is 7.82. The third kappa shape index (κ3) is 4.06. The molecule has 142 valence electrons. The van der Waals surface area contributed by atoms with E-state index in [1.165, 1.54) is 4.88 Å². The minimum atomic E-state index is -0.0426. The molecule has 1 aromatic carbocycles. The molecule has 0 unspecified atom stereocenters. The van der Waals surface area contributed by atoms with E-state index in [9.17, 15) is 9.59 Å². The third-order valence-corrected chi connectivity index (χ3v) is 6.47. The van der Waals surface area contributed by atoms with Crippen LogP contribution in [-0.2, 0) is 22.4 Å². The van der Waals surface area contributed by atoms with E-state index in [4.69, 9.17) is 4.74 Å². The number of ether oxygens (including phenoxy) is 1. The van der Waals surface area contributed by atoms with Crippen molar-refractivity contribution in [1.82, 2.24) is 4.90 Å². The lowest BCUT2D eigenvalue weighted by Gasteiger charge is -2.26. The lowest BCUT2D eigenvalue weighted by molar-refractivity contribution is -0.120. The van der Waals surface area contributed by atoms with Crippen LogP contribution in [0.1, 0.15) is 32.1 Å². The minimum absolute atomic E-state index is 0.0426. The van der Waals surface area contributed by atoms with Gasteiger partial charge in [-0.3, -0.25) is 9.59 Å². The Morgan fingerprint density at radius 3 is 2.81 bits per heavy atom. The summed E-state index contributed by atoms with van der Waals surface area (Å²) in [6.45, 7) is 4.54. The summed E-state index contributed by atoms with van der Waals surface area (Å²) in [5, 5.41) is 3.04. The monoisotopic (exact) mass is 384 g/mol. The topological polar surface area (TPSA) is 58.6 Å². The number of amides is 2. The first kappa shape index (κ1) is 18.2. The van der Waals surface area contributed by atoms with Crippen molar-refractivity contribution >= 4 is 28.8 Å². The zero-order valence-electron chi connectivity index (χ0n) is 15.5. The number of hydrogen-bond donors (Lipinski definition) is 1. The molecule has 2 aliphatic rings. The first-order chi connectivity index (χ1) is 13.1. The molecule has 1 saturated heterocycles. The van der Waals surface area contributed by atoms with Crippen LogP contribution in [-0.4, -0.2) is 43.0 Å². The molecule has 1 aliphatic heterocycles. The molecule has 2 amide bonds. The quantitative estimate of drug-likeness (QED) is 0.884. The highest BCUT2D eigenvalue weighted by atomic mass is 32.1. The average Bonchev–Trinajstić information content (AvgIpc) is 3.11. The fraction of sp³-hybridized carbons (Fsp3) is 0.429. The van der Waals surface area contributed by atoms with Gasteiger partial charge < -0.3 is 15.0 Å². The van der Waals surface area contributed by atoms with Crippen LogP contribution in [0.25, 0.3) is 0 Å². The van der Waals surface area contributed by atoms with E-state index in [0.29, 0.717) is 32.7 Å². The normalized spacial score (nSPS) is 19.4. The van der Waals surface area contributed by atoms with E-state index in [0.717, 1.165) is 34.5 Å². The van der Waals surface area contributed by atoms with E-state index in [2.05, 4.69) is 5.32 Å². The maximum Gasteiger partial charge on any atom is 0.264 e. The van der Waals surface area contributed by atoms with Crippen molar-refractivity contribution in [2.75, 3.05) is 31.6 Å². The molecule has 0 spiro atoms. The van der Waals surface area contributed by atoms with Crippen molar-refractivity contribution < 1.29 is 14.3 Å². The molecule has 0 saturated carbocycles. The van der Waals surface area contributed by atoms with E-state index in [1.54, 1.807) is 11.3 Å². The molecule has 4 rings (SSSR count). The predicted molar refractivity (Wildman–Crippen MR) is 106 cm³/mol. The maximum absolute atomic E-state index is 12.7. The number of thiophene rings is 1. The van der Waals surface area contributed by atoms with Gasteiger partial charge in [0.05, 0.1) is 18.1 Å². The van der Waals surface area contributed by atoms with Crippen LogP contribution in [0.4, 0.5) is 5.69 Å². The Morgan fingerprint density at radius 1 is 1.22 bits per heavy atom. The SMILES string of the molecule is Cc1cccc(NC(=O)[C@@H]2CCc3sc(C(=O)N4CCOCC4)cc3C2)c1. The molecular weight excluding hydrogens is 360 g/mol. The van der Waals surface area contributed by atoms with Crippen LogP contribution >= 0.6 is 11.3 Å². The lowest BCUT2D eigenvalue weighted by atomic mass is 9.87. The van der Waals surface area contributed by atoms with Gasteiger partial charge in [-0.2, -0.15) is 0 Å². The van der Waals surface area contributed by atoms with Gasteiger partial charge in [0.25, 0.3) is 5.91 Å². The van der Waals surface area contributed by atoms with Crippen LogP contribution in [0.15, 0.2) is 30.3 Å². The first-order valence-corrected chi connectivity index (χ1v) is 10.3. The molecule has 1 aromatic heterocycles. The van der Waals surface area contributed by atoms with Crippen LogP contribution in [0, 0.1) is 12.8 Å². The Balaban J connectivity index is 1.43.